The van der Waals surface area contributed by atoms with Crippen molar-refractivity contribution in [3.8, 4) is 22.3 Å². The topological polar surface area (TPSA) is 67.0 Å². The summed E-state index contributed by atoms with van der Waals surface area (Å²) in [5.41, 5.74) is 14.0. The fraction of sp³-hybridized carbons (Fsp3) is 0.169. The third kappa shape index (κ3) is 14.6. The van der Waals surface area contributed by atoms with E-state index in [1.807, 2.05) is 48.5 Å². The molecule has 0 aliphatic carbocycles. The number of nitrogens with zero attached hydrogens (tertiary/aromatic N) is 11. The van der Waals surface area contributed by atoms with Gasteiger partial charge in [0.15, 0.2) is 0 Å². The van der Waals surface area contributed by atoms with E-state index in [0.29, 0.717) is 22.7 Å². The maximum absolute atomic E-state index is 12.7. The molecular formula is C71H63F6N11Pt2. The van der Waals surface area contributed by atoms with Crippen LogP contribution in [0.2, 0.25) is 0 Å². The number of hydrogen-bond donors (Lipinski definition) is 0. The predicted octanol–water partition coefficient (Wildman–Crippen LogP) is 16.9. The van der Waals surface area contributed by atoms with Crippen molar-refractivity contribution in [3.63, 3.8) is 0 Å². The van der Waals surface area contributed by atoms with Crippen LogP contribution in [0.4, 0.5) is 49.1 Å². The second kappa shape index (κ2) is 27.0. The number of hydrogen-bond acceptors (Lipinski definition) is 9. The molecule has 11 nitrogen and oxygen atoms in total. The molecule has 10 aromatic rings. The van der Waals surface area contributed by atoms with Gasteiger partial charge in [0, 0.05) is 28.8 Å². The first-order valence-corrected chi connectivity index (χ1v) is 27.4. The predicted molar refractivity (Wildman–Crippen MR) is 342 cm³/mol. The van der Waals surface area contributed by atoms with Crippen molar-refractivity contribution in [2.45, 2.75) is 53.9 Å². The van der Waals surface area contributed by atoms with Crippen LogP contribution >= 0.6 is 0 Å². The summed E-state index contributed by atoms with van der Waals surface area (Å²) < 4.78 is 168. The molecule has 4 aliphatic rings. The van der Waals surface area contributed by atoms with Crippen molar-refractivity contribution in [1.82, 2.24) is 34.6 Å². The molecule has 0 unspecified atom stereocenters. The van der Waals surface area contributed by atoms with E-state index in [9.17, 15) is 26.3 Å². The molecular weight excluding hydrogens is 1510 g/mol. The molecule has 7 heterocycles. The second-order valence-electron chi connectivity index (χ2n) is 21.3. The Bertz CT molecular complexity index is 4400. The van der Waals surface area contributed by atoms with Crippen LogP contribution in [0.5, 0.6) is 0 Å². The van der Waals surface area contributed by atoms with Gasteiger partial charge in [-0.1, -0.05) is 83.9 Å². The van der Waals surface area contributed by atoms with Gasteiger partial charge in [-0.3, -0.25) is 4.98 Å². The molecule has 3 aromatic heterocycles. The molecule has 19 heteroatoms. The van der Waals surface area contributed by atoms with Crippen LogP contribution in [0.25, 0.3) is 65.9 Å². The van der Waals surface area contributed by atoms with Crippen molar-refractivity contribution in [1.29, 1.82) is 0 Å². The van der Waals surface area contributed by atoms with Gasteiger partial charge in [-0.05, 0) is 192 Å². The first kappa shape index (κ1) is 51.4. The number of aromatic nitrogens is 3. The summed E-state index contributed by atoms with van der Waals surface area (Å²) >= 11 is 0. The summed E-state index contributed by atoms with van der Waals surface area (Å²) in [7, 11) is 0. The van der Waals surface area contributed by atoms with Gasteiger partial charge in [0.05, 0.1) is 11.1 Å². The zero-order valence-electron chi connectivity index (χ0n) is 60.9. The summed E-state index contributed by atoms with van der Waals surface area (Å²) in [4.78, 5) is 23.9. The Morgan fingerprint density at radius 2 is 0.756 bits per heavy atom. The Labute approximate surface area is 567 Å². The van der Waals surface area contributed by atoms with Crippen LogP contribution < -0.4 is 29.6 Å². The maximum Gasteiger partial charge on any atom is 4.00 e. The quantitative estimate of drug-likeness (QED) is 0.118. The number of anilines is 4. The number of benzene rings is 7. The molecule has 464 valence electrons. The zero-order valence-corrected chi connectivity index (χ0v) is 53.4. The van der Waals surface area contributed by atoms with Gasteiger partial charge in [0.25, 0.3) is 0 Å². The van der Waals surface area contributed by atoms with Crippen LogP contribution in [0.15, 0.2) is 177 Å². The van der Waals surface area contributed by atoms with E-state index in [4.69, 9.17) is 16.4 Å². The average molecular weight is 1590 g/mol. The molecule has 0 saturated carbocycles. The van der Waals surface area contributed by atoms with Crippen molar-refractivity contribution in [2.24, 2.45) is 0 Å². The number of fused-ring (bicyclic) bond motifs is 6. The molecule has 0 atom stereocenters. The van der Waals surface area contributed by atoms with Gasteiger partial charge in [-0.15, -0.1) is 92.3 Å². The molecule has 0 N–H and O–H groups in total. The largest absolute Gasteiger partial charge is 4.00 e. The van der Waals surface area contributed by atoms with E-state index in [-0.39, 0.29) is 63.9 Å². The van der Waals surface area contributed by atoms with Crippen molar-refractivity contribution in [2.75, 3.05) is 47.5 Å². The molecule has 14 rings (SSSR count). The summed E-state index contributed by atoms with van der Waals surface area (Å²) in [6, 6.07) is 38.7. The molecule has 7 aromatic carbocycles. The molecule has 0 amide bonds. The van der Waals surface area contributed by atoms with E-state index in [1.165, 1.54) is 73.4 Å². The van der Waals surface area contributed by atoms with Gasteiger partial charge in [0.1, 0.15) is 0 Å². The van der Waals surface area contributed by atoms with E-state index in [1.54, 1.807) is 56.8 Å². The number of para-hydroxylation sites is 1. The maximum atomic E-state index is 12.7. The molecule has 4 aliphatic heterocycles. The Hall–Kier alpha value is -8.39. The SMILES string of the molecule is FC(F)(F)c1ccc2[n-]c3ccc(C(F)(F)F)cc3c2c1.[2H]C([2H])([2H])N1C=CN(c2[c-]c(N3C=CN(C([2H])([2H])[2H])[CH-]3)cc(-c3c(C)cc(C)cc3C)c2)[CH-]1.[2H]C([2H])([2H])N1C=CN(c2[c-]c(N3C=CN(C([2H])([2H])[2H])[CH-]3)cc(-c3c(C)cc(C)cc3C)c2)[CH-]1.[Pt+4].[Pt+4].c1ccc2c(c1)[n-]c1cnccc12. The van der Waals surface area contributed by atoms with Crippen LogP contribution in [-0.4, -0.2) is 52.5 Å². The van der Waals surface area contributed by atoms with Gasteiger partial charge in [-0.25, -0.2) is 0 Å². The van der Waals surface area contributed by atoms with E-state index in [2.05, 4.69) is 99.0 Å². The van der Waals surface area contributed by atoms with Gasteiger partial charge < -0.3 is 49.2 Å². The normalized spacial score (nSPS) is 16.9. The van der Waals surface area contributed by atoms with Crippen molar-refractivity contribution in [3.05, 3.63) is 261 Å². The molecule has 0 saturated heterocycles. The summed E-state index contributed by atoms with van der Waals surface area (Å²) in [5, 5.41) is 2.52. The number of pyridine rings is 1. The minimum atomic E-state index is -4.56. The number of rotatable bonds is 6. The number of aryl methyl sites for hydroxylation is 6. The Morgan fingerprint density at radius 1 is 0.411 bits per heavy atom. The van der Waals surface area contributed by atoms with Crippen molar-refractivity contribution >= 4 is 66.4 Å². The standard InChI is InChI=1S/2C23H25N4.C14H6F6N.C11H7N2.2Pt/c2*1-17-10-18(2)23(19(3)11-17)20-12-21(26-8-6-24(4)15-26)14-22(13-20)27-9-7-25(5)16-27;15-13(16,17)7-1-3-11-9(5-7)10-6-8(14(18,19)20)2-4-12(10)21-11;1-2-4-10-8(3-1)9-5-6-12-7-11(9)13-10;;/h2*6-13,15-16H,1-5H3;1-6H;1-7H;;/q2*-3;2*-1;2*+4/i2*4D3,5D3;;;;. The summed E-state index contributed by atoms with van der Waals surface area (Å²) in [5.74, 6) is 0. The van der Waals surface area contributed by atoms with Gasteiger partial charge in [0.2, 0.25) is 0 Å². The van der Waals surface area contributed by atoms with E-state index >= 15 is 0 Å². The number of alkyl halides is 6. The average Bonchev–Trinajstić information content (AvgIpc) is 1.55. The Kier molecular flexibility index (Phi) is 15.4. The zero-order chi connectivity index (χ0) is 72.3. The third-order valence-electron chi connectivity index (χ3n) is 14.7. The van der Waals surface area contributed by atoms with Gasteiger partial charge >= 0.3 is 54.5 Å². The molecule has 0 radical (unpaired) electrons. The molecule has 0 bridgehead atoms. The monoisotopic (exact) mass is 1590 g/mol. The molecule has 90 heavy (non-hydrogen) atoms. The first-order valence-electron chi connectivity index (χ1n) is 33.4. The first-order chi connectivity index (χ1) is 46.8. The summed E-state index contributed by atoms with van der Waals surface area (Å²) in [6.07, 6.45) is 7.13. The summed E-state index contributed by atoms with van der Waals surface area (Å²) in [6.45, 7) is 9.18. The molecule has 0 fully saturated rings. The Balaban J connectivity index is 0.000000165. The third-order valence-corrected chi connectivity index (χ3v) is 14.7. The molecule has 0 spiro atoms. The fourth-order valence-electron chi connectivity index (χ4n) is 11.0. The van der Waals surface area contributed by atoms with Gasteiger partial charge in [-0.2, -0.15) is 53.0 Å². The number of halogens is 6. The van der Waals surface area contributed by atoms with Crippen LogP contribution in [0.1, 0.15) is 61.0 Å². The Morgan fingerprint density at radius 3 is 1.11 bits per heavy atom. The fourth-order valence-corrected chi connectivity index (χ4v) is 11.0. The van der Waals surface area contributed by atoms with Crippen LogP contribution in [0, 0.1) is 80.3 Å². The second-order valence-corrected chi connectivity index (χ2v) is 21.3. The van der Waals surface area contributed by atoms with Crippen LogP contribution in [0.3, 0.4) is 0 Å². The smallest absolute Gasteiger partial charge is 0.657 e. The minimum absolute atomic E-state index is 0. The van der Waals surface area contributed by atoms with E-state index in [0.717, 1.165) is 112 Å². The van der Waals surface area contributed by atoms with Crippen LogP contribution in [-0.2, 0) is 54.5 Å². The van der Waals surface area contributed by atoms with E-state index < -0.39 is 51.4 Å². The van der Waals surface area contributed by atoms with Crippen molar-refractivity contribution < 1.29 is 84.9 Å². The minimum Gasteiger partial charge on any atom is -0.657 e.